The number of halogens is 1. The Kier molecular flexibility index (Phi) is 6.36. The number of methoxy groups -OCH3 is 1. The standard InChI is InChI=1S/C20H24ClN3O2/c1-26-19-5-3-2-4-18(19)23-20(25)22-17-10-12-24(13-11-17)14-15-6-8-16(21)9-7-15/h2-9,17H,10-14H2,1H3,(H2,22,23,25). The van der Waals surface area contributed by atoms with Gasteiger partial charge in [-0.2, -0.15) is 0 Å². The van der Waals surface area contributed by atoms with Crippen molar-refractivity contribution in [2.45, 2.75) is 25.4 Å². The number of piperidine rings is 1. The van der Waals surface area contributed by atoms with E-state index >= 15 is 0 Å². The number of benzene rings is 2. The molecule has 6 heteroatoms. The summed E-state index contributed by atoms with van der Waals surface area (Å²) in [5, 5.41) is 6.69. The molecular formula is C20H24ClN3O2. The van der Waals surface area contributed by atoms with E-state index in [2.05, 4.69) is 27.7 Å². The Morgan fingerprint density at radius 2 is 1.85 bits per heavy atom. The molecule has 0 aliphatic carbocycles. The molecule has 0 unspecified atom stereocenters. The van der Waals surface area contributed by atoms with Gasteiger partial charge in [0.15, 0.2) is 0 Å². The van der Waals surface area contributed by atoms with Crippen LogP contribution in [0.3, 0.4) is 0 Å². The summed E-state index contributed by atoms with van der Waals surface area (Å²) in [7, 11) is 1.59. The van der Waals surface area contributed by atoms with Crippen LogP contribution < -0.4 is 15.4 Å². The molecule has 0 spiro atoms. The molecule has 26 heavy (non-hydrogen) atoms. The molecular weight excluding hydrogens is 350 g/mol. The number of carbonyl (C=O) groups excluding carboxylic acids is 1. The number of amides is 2. The summed E-state index contributed by atoms with van der Waals surface area (Å²) in [5.74, 6) is 0.653. The van der Waals surface area contributed by atoms with E-state index in [9.17, 15) is 4.79 Å². The topological polar surface area (TPSA) is 53.6 Å². The Balaban J connectivity index is 1.44. The normalized spacial score (nSPS) is 15.5. The maximum Gasteiger partial charge on any atom is 0.319 e. The predicted molar refractivity (Wildman–Crippen MR) is 105 cm³/mol. The number of anilines is 1. The minimum atomic E-state index is -0.189. The highest BCUT2D eigenvalue weighted by molar-refractivity contribution is 6.30. The van der Waals surface area contributed by atoms with Gasteiger partial charge in [-0.3, -0.25) is 4.90 Å². The van der Waals surface area contributed by atoms with Crippen molar-refractivity contribution >= 4 is 23.3 Å². The molecule has 0 bridgehead atoms. The number of nitrogens with zero attached hydrogens (tertiary/aromatic N) is 1. The molecule has 1 aliphatic rings. The lowest BCUT2D eigenvalue weighted by atomic mass is 10.0. The molecule has 0 atom stereocenters. The number of nitrogens with one attached hydrogen (secondary N) is 2. The number of carbonyl (C=O) groups is 1. The van der Waals surface area contributed by atoms with Crippen LogP contribution in [0, 0.1) is 0 Å². The molecule has 0 radical (unpaired) electrons. The van der Waals surface area contributed by atoms with E-state index in [-0.39, 0.29) is 12.1 Å². The molecule has 1 aliphatic heterocycles. The first kappa shape index (κ1) is 18.5. The Hall–Kier alpha value is -2.24. The van der Waals surface area contributed by atoms with Crippen molar-refractivity contribution in [2.24, 2.45) is 0 Å². The fourth-order valence-electron chi connectivity index (χ4n) is 3.18. The van der Waals surface area contributed by atoms with Gasteiger partial charge >= 0.3 is 6.03 Å². The number of hydrogen-bond donors (Lipinski definition) is 2. The minimum absolute atomic E-state index is 0.186. The number of para-hydroxylation sites is 2. The van der Waals surface area contributed by atoms with Gasteiger partial charge in [-0.25, -0.2) is 4.79 Å². The summed E-state index contributed by atoms with van der Waals surface area (Å²) in [6, 6.07) is 15.4. The Morgan fingerprint density at radius 1 is 1.15 bits per heavy atom. The average Bonchev–Trinajstić information content (AvgIpc) is 2.65. The Labute approximate surface area is 159 Å². The highest BCUT2D eigenvalue weighted by Gasteiger charge is 2.21. The molecule has 2 aromatic carbocycles. The van der Waals surface area contributed by atoms with Gasteiger partial charge in [0.25, 0.3) is 0 Å². The highest BCUT2D eigenvalue weighted by Crippen LogP contribution is 2.23. The Morgan fingerprint density at radius 3 is 2.54 bits per heavy atom. The number of urea groups is 1. The van der Waals surface area contributed by atoms with E-state index in [4.69, 9.17) is 16.3 Å². The molecule has 3 rings (SSSR count). The van der Waals surface area contributed by atoms with Crippen molar-refractivity contribution in [3.8, 4) is 5.75 Å². The van der Waals surface area contributed by atoms with Gasteiger partial charge in [0, 0.05) is 30.7 Å². The molecule has 1 fully saturated rings. The second-order valence-corrected chi connectivity index (χ2v) is 6.91. The number of rotatable bonds is 5. The van der Waals surface area contributed by atoms with Crippen LogP contribution in [0.15, 0.2) is 48.5 Å². The van der Waals surface area contributed by atoms with Crippen molar-refractivity contribution in [1.29, 1.82) is 0 Å². The predicted octanol–water partition coefficient (Wildman–Crippen LogP) is 4.13. The van der Waals surface area contributed by atoms with Crippen molar-refractivity contribution < 1.29 is 9.53 Å². The summed E-state index contributed by atoms with van der Waals surface area (Å²) in [4.78, 5) is 14.7. The third kappa shape index (κ3) is 5.13. The molecule has 5 nitrogen and oxygen atoms in total. The third-order valence-electron chi connectivity index (χ3n) is 4.60. The second-order valence-electron chi connectivity index (χ2n) is 6.48. The van der Waals surface area contributed by atoms with E-state index < -0.39 is 0 Å². The lowest BCUT2D eigenvalue weighted by Crippen LogP contribution is -2.45. The van der Waals surface area contributed by atoms with Crippen LogP contribution in [0.5, 0.6) is 5.75 Å². The van der Waals surface area contributed by atoms with Crippen molar-refractivity contribution in [2.75, 3.05) is 25.5 Å². The van der Waals surface area contributed by atoms with Crippen LogP contribution in [0.25, 0.3) is 0 Å². The average molecular weight is 374 g/mol. The van der Waals surface area contributed by atoms with Crippen molar-refractivity contribution in [3.05, 3.63) is 59.1 Å². The third-order valence-corrected chi connectivity index (χ3v) is 4.85. The van der Waals surface area contributed by atoms with Crippen LogP contribution in [-0.2, 0) is 6.54 Å². The summed E-state index contributed by atoms with van der Waals surface area (Å²) < 4.78 is 5.26. The Bertz CT molecular complexity index is 728. The largest absolute Gasteiger partial charge is 0.495 e. The fourth-order valence-corrected chi connectivity index (χ4v) is 3.30. The smallest absolute Gasteiger partial charge is 0.319 e. The van der Waals surface area contributed by atoms with Crippen molar-refractivity contribution in [3.63, 3.8) is 0 Å². The van der Waals surface area contributed by atoms with E-state index in [0.717, 1.165) is 37.5 Å². The van der Waals surface area contributed by atoms with Crippen molar-refractivity contribution in [1.82, 2.24) is 10.2 Å². The van der Waals surface area contributed by atoms with Gasteiger partial charge in [-0.05, 0) is 42.7 Å². The monoisotopic (exact) mass is 373 g/mol. The second kappa shape index (κ2) is 8.92. The lowest BCUT2D eigenvalue weighted by molar-refractivity contribution is 0.190. The van der Waals surface area contributed by atoms with E-state index in [0.29, 0.717) is 11.4 Å². The van der Waals surface area contributed by atoms with Gasteiger partial charge in [0.05, 0.1) is 12.8 Å². The first-order valence-corrected chi connectivity index (χ1v) is 9.19. The summed E-state index contributed by atoms with van der Waals surface area (Å²) in [6.45, 7) is 2.84. The summed E-state index contributed by atoms with van der Waals surface area (Å²) in [5.41, 5.74) is 1.93. The van der Waals surface area contributed by atoms with Crippen LogP contribution in [0.1, 0.15) is 18.4 Å². The molecule has 0 saturated carbocycles. The van der Waals surface area contributed by atoms with Crippen LogP contribution >= 0.6 is 11.6 Å². The number of ether oxygens (including phenoxy) is 1. The molecule has 1 heterocycles. The fraction of sp³-hybridized carbons (Fsp3) is 0.350. The minimum Gasteiger partial charge on any atom is -0.495 e. The SMILES string of the molecule is COc1ccccc1NC(=O)NC1CCN(Cc2ccc(Cl)cc2)CC1. The highest BCUT2D eigenvalue weighted by atomic mass is 35.5. The molecule has 2 amide bonds. The van der Waals surface area contributed by atoms with Gasteiger partial charge < -0.3 is 15.4 Å². The molecule has 2 aromatic rings. The molecule has 0 aromatic heterocycles. The zero-order valence-corrected chi connectivity index (χ0v) is 15.6. The van der Waals surface area contributed by atoms with Crippen LogP contribution in [-0.4, -0.2) is 37.2 Å². The van der Waals surface area contributed by atoms with Gasteiger partial charge in [0.2, 0.25) is 0 Å². The van der Waals surface area contributed by atoms with E-state index in [1.807, 2.05) is 36.4 Å². The molecule has 138 valence electrons. The maximum atomic E-state index is 12.2. The van der Waals surface area contributed by atoms with Crippen LogP contribution in [0.4, 0.5) is 10.5 Å². The maximum absolute atomic E-state index is 12.2. The number of hydrogen-bond acceptors (Lipinski definition) is 3. The molecule has 1 saturated heterocycles. The first-order chi connectivity index (χ1) is 12.6. The van der Waals surface area contributed by atoms with Gasteiger partial charge in [-0.15, -0.1) is 0 Å². The van der Waals surface area contributed by atoms with Gasteiger partial charge in [0.1, 0.15) is 5.75 Å². The quantitative estimate of drug-likeness (QED) is 0.828. The zero-order chi connectivity index (χ0) is 18.4. The van der Waals surface area contributed by atoms with Crippen LogP contribution in [0.2, 0.25) is 5.02 Å². The van der Waals surface area contributed by atoms with Gasteiger partial charge in [-0.1, -0.05) is 35.9 Å². The number of likely N-dealkylation sites (tertiary alicyclic amines) is 1. The summed E-state index contributed by atoms with van der Waals surface area (Å²) in [6.07, 6.45) is 1.87. The van der Waals surface area contributed by atoms with E-state index in [1.54, 1.807) is 7.11 Å². The summed E-state index contributed by atoms with van der Waals surface area (Å²) >= 11 is 5.93. The van der Waals surface area contributed by atoms with E-state index in [1.165, 1.54) is 5.56 Å². The molecule has 2 N–H and O–H groups in total. The first-order valence-electron chi connectivity index (χ1n) is 8.81. The lowest BCUT2D eigenvalue weighted by Gasteiger charge is -2.32. The zero-order valence-electron chi connectivity index (χ0n) is 14.9.